The Morgan fingerprint density at radius 1 is 1.45 bits per heavy atom. The van der Waals surface area contributed by atoms with E-state index in [1.807, 2.05) is 19.1 Å². The highest BCUT2D eigenvalue weighted by atomic mass is 16.5. The molecule has 1 aliphatic carbocycles. The van der Waals surface area contributed by atoms with Gasteiger partial charge in [-0.05, 0) is 37.5 Å². The van der Waals surface area contributed by atoms with Gasteiger partial charge in [0.15, 0.2) is 11.5 Å². The quantitative estimate of drug-likeness (QED) is 0.662. The minimum Gasteiger partial charge on any atom is -0.504 e. The first-order chi connectivity index (χ1) is 9.61. The van der Waals surface area contributed by atoms with Crippen LogP contribution in [0.4, 0.5) is 0 Å². The van der Waals surface area contributed by atoms with Gasteiger partial charge in [0.2, 0.25) is 5.91 Å². The van der Waals surface area contributed by atoms with Gasteiger partial charge in [-0.3, -0.25) is 4.79 Å². The van der Waals surface area contributed by atoms with E-state index in [9.17, 15) is 9.90 Å². The normalized spacial score (nSPS) is 15.7. The van der Waals surface area contributed by atoms with Crippen LogP contribution in [0.25, 0.3) is 0 Å². The number of hydrogen-bond donors (Lipinski definition) is 3. The van der Waals surface area contributed by atoms with Crippen molar-refractivity contribution < 1.29 is 14.6 Å². The van der Waals surface area contributed by atoms with Crippen molar-refractivity contribution >= 4 is 5.91 Å². The summed E-state index contributed by atoms with van der Waals surface area (Å²) in [6, 6.07) is 5.43. The Labute approximate surface area is 119 Å². The lowest BCUT2D eigenvalue weighted by Gasteiger charge is -2.16. The Kier molecular flexibility index (Phi) is 4.84. The van der Waals surface area contributed by atoms with Crippen LogP contribution >= 0.6 is 0 Å². The summed E-state index contributed by atoms with van der Waals surface area (Å²) < 4.78 is 5.09. The van der Waals surface area contributed by atoms with Crippen molar-refractivity contribution in [3.05, 3.63) is 23.8 Å². The summed E-state index contributed by atoms with van der Waals surface area (Å²) in [5, 5.41) is 15.8. The van der Waals surface area contributed by atoms with E-state index in [-0.39, 0.29) is 23.6 Å². The first-order valence-electron chi connectivity index (χ1n) is 7.00. The Morgan fingerprint density at radius 3 is 2.85 bits per heavy atom. The second-order valence-corrected chi connectivity index (χ2v) is 5.17. The third-order valence-corrected chi connectivity index (χ3v) is 3.53. The summed E-state index contributed by atoms with van der Waals surface area (Å²) in [6.45, 7) is 3.38. The Morgan fingerprint density at radius 2 is 2.20 bits per heavy atom. The van der Waals surface area contributed by atoms with Crippen LogP contribution in [0.5, 0.6) is 11.5 Å². The lowest BCUT2D eigenvalue weighted by molar-refractivity contribution is -0.122. The van der Waals surface area contributed by atoms with Crippen molar-refractivity contribution in [2.24, 2.45) is 5.92 Å². The minimum atomic E-state index is 0.127. The number of carbonyl (C=O) groups excluding carboxylic acids is 1. The molecule has 0 bridgehead atoms. The monoisotopic (exact) mass is 278 g/mol. The van der Waals surface area contributed by atoms with Gasteiger partial charge >= 0.3 is 0 Å². The van der Waals surface area contributed by atoms with Crippen LogP contribution < -0.4 is 15.4 Å². The molecule has 20 heavy (non-hydrogen) atoms. The van der Waals surface area contributed by atoms with Crippen molar-refractivity contribution in [3.8, 4) is 11.5 Å². The van der Waals surface area contributed by atoms with Crippen LogP contribution in [0.3, 0.4) is 0 Å². The Hall–Kier alpha value is -1.75. The summed E-state index contributed by atoms with van der Waals surface area (Å²) in [6.07, 6.45) is 2.06. The first kappa shape index (κ1) is 14.7. The van der Waals surface area contributed by atoms with Gasteiger partial charge in [0.25, 0.3) is 0 Å². The molecule has 0 saturated heterocycles. The predicted octanol–water partition coefficient (Wildman–Crippen LogP) is 1.58. The molecule has 0 heterocycles. The molecule has 1 saturated carbocycles. The summed E-state index contributed by atoms with van der Waals surface area (Å²) in [5.41, 5.74) is 1.04. The van der Waals surface area contributed by atoms with E-state index in [0.29, 0.717) is 18.8 Å². The molecule has 1 unspecified atom stereocenters. The van der Waals surface area contributed by atoms with Crippen LogP contribution in [0.15, 0.2) is 18.2 Å². The lowest BCUT2D eigenvalue weighted by atomic mass is 10.1. The molecule has 5 heteroatoms. The zero-order chi connectivity index (χ0) is 14.5. The second kappa shape index (κ2) is 6.61. The van der Waals surface area contributed by atoms with Crippen molar-refractivity contribution in [3.63, 3.8) is 0 Å². The number of hydrogen-bond acceptors (Lipinski definition) is 4. The average Bonchev–Trinajstić information content (AvgIpc) is 3.28. The number of ether oxygens (including phenoxy) is 1. The molecule has 1 aromatic carbocycles. The summed E-state index contributed by atoms with van der Waals surface area (Å²) in [7, 11) is 1.53. The maximum absolute atomic E-state index is 11.5. The number of phenolic OH excluding ortho intramolecular Hbond substituents is 1. The molecule has 1 aliphatic rings. The fourth-order valence-electron chi connectivity index (χ4n) is 2.05. The van der Waals surface area contributed by atoms with Gasteiger partial charge in [-0.25, -0.2) is 0 Å². The average molecular weight is 278 g/mol. The molecule has 1 atom stereocenters. The number of nitrogens with one attached hydrogen (secondary N) is 2. The first-order valence-corrected chi connectivity index (χ1v) is 7.00. The molecule has 2 rings (SSSR count). The smallest absolute Gasteiger partial charge is 0.223 e. The summed E-state index contributed by atoms with van der Waals surface area (Å²) in [4.78, 5) is 11.5. The van der Waals surface area contributed by atoms with Crippen molar-refractivity contribution in [2.75, 3.05) is 20.2 Å². The van der Waals surface area contributed by atoms with Gasteiger partial charge in [0, 0.05) is 25.0 Å². The van der Waals surface area contributed by atoms with Crippen molar-refractivity contribution in [1.82, 2.24) is 10.6 Å². The second-order valence-electron chi connectivity index (χ2n) is 5.17. The van der Waals surface area contributed by atoms with E-state index in [0.717, 1.165) is 18.4 Å². The number of amides is 1. The number of aromatic hydroxyl groups is 1. The minimum absolute atomic E-state index is 0.127. The molecule has 0 aliphatic heterocycles. The molecule has 0 radical (unpaired) electrons. The highest BCUT2D eigenvalue weighted by Gasteiger charge is 2.28. The van der Waals surface area contributed by atoms with Gasteiger partial charge in [-0.1, -0.05) is 6.07 Å². The number of phenols is 1. The van der Waals surface area contributed by atoms with E-state index in [1.54, 1.807) is 6.07 Å². The van der Waals surface area contributed by atoms with Crippen molar-refractivity contribution in [1.29, 1.82) is 0 Å². The van der Waals surface area contributed by atoms with Gasteiger partial charge in [0.1, 0.15) is 0 Å². The maximum atomic E-state index is 11.5. The molecule has 1 aromatic rings. The third kappa shape index (κ3) is 3.87. The lowest BCUT2D eigenvalue weighted by Crippen LogP contribution is -2.33. The van der Waals surface area contributed by atoms with E-state index in [1.165, 1.54) is 7.11 Å². The van der Waals surface area contributed by atoms with E-state index in [4.69, 9.17) is 4.74 Å². The molecule has 110 valence electrons. The number of methoxy groups -OCH3 is 1. The number of rotatable bonds is 7. The predicted molar refractivity (Wildman–Crippen MR) is 76.8 cm³/mol. The summed E-state index contributed by atoms with van der Waals surface area (Å²) >= 11 is 0. The van der Waals surface area contributed by atoms with Crippen LogP contribution in [0, 0.1) is 5.92 Å². The Balaban J connectivity index is 1.76. The molecule has 0 aromatic heterocycles. The van der Waals surface area contributed by atoms with E-state index >= 15 is 0 Å². The number of benzene rings is 1. The molecule has 0 spiro atoms. The Bertz CT molecular complexity index is 472. The van der Waals surface area contributed by atoms with Gasteiger partial charge in [0.05, 0.1) is 7.11 Å². The molecule has 1 fully saturated rings. The van der Waals surface area contributed by atoms with Crippen LogP contribution in [-0.4, -0.2) is 31.2 Å². The van der Waals surface area contributed by atoms with E-state index in [2.05, 4.69) is 10.6 Å². The fourth-order valence-corrected chi connectivity index (χ4v) is 2.05. The largest absolute Gasteiger partial charge is 0.504 e. The van der Waals surface area contributed by atoms with Gasteiger partial charge in [-0.15, -0.1) is 0 Å². The molecule has 3 N–H and O–H groups in total. The zero-order valence-electron chi connectivity index (χ0n) is 12.0. The molecule has 5 nitrogen and oxygen atoms in total. The van der Waals surface area contributed by atoms with Crippen LogP contribution in [0.1, 0.15) is 31.4 Å². The van der Waals surface area contributed by atoms with Crippen LogP contribution in [-0.2, 0) is 4.79 Å². The topological polar surface area (TPSA) is 70.6 Å². The van der Waals surface area contributed by atoms with Gasteiger partial charge in [-0.2, -0.15) is 0 Å². The van der Waals surface area contributed by atoms with Crippen LogP contribution in [0.2, 0.25) is 0 Å². The zero-order valence-corrected chi connectivity index (χ0v) is 12.0. The highest BCUT2D eigenvalue weighted by molar-refractivity contribution is 5.80. The van der Waals surface area contributed by atoms with Gasteiger partial charge < -0.3 is 20.5 Å². The number of carbonyl (C=O) groups is 1. The molecule has 1 amide bonds. The fraction of sp³-hybridized carbons (Fsp3) is 0.533. The maximum Gasteiger partial charge on any atom is 0.223 e. The SMILES string of the molecule is COc1cc(C(C)NCCNC(=O)C2CC2)ccc1O. The summed E-state index contributed by atoms with van der Waals surface area (Å²) in [5.74, 6) is 1.04. The third-order valence-electron chi connectivity index (χ3n) is 3.53. The molecular weight excluding hydrogens is 256 g/mol. The highest BCUT2D eigenvalue weighted by Crippen LogP contribution is 2.29. The van der Waals surface area contributed by atoms with E-state index < -0.39 is 0 Å². The standard InChI is InChI=1S/C15H22N2O3/c1-10(12-5-6-13(18)14(9-12)20-2)16-7-8-17-15(19)11-3-4-11/h5-6,9-11,16,18H,3-4,7-8H2,1-2H3,(H,17,19). The molecular formula is C15H22N2O3. The van der Waals surface area contributed by atoms with Crippen molar-refractivity contribution in [2.45, 2.75) is 25.8 Å².